The molecule has 1 saturated heterocycles. The first-order valence-corrected chi connectivity index (χ1v) is 7.41. The molecule has 0 N–H and O–H groups in total. The van der Waals surface area contributed by atoms with Gasteiger partial charge in [0.05, 0.1) is 12.5 Å². The van der Waals surface area contributed by atoms with Crippen molar-refractivity contribution in [1.29, 1.82) is 0 Å². The zero-order chi connectivity index (χ0) is 13.9. The molecule has 1 unspecified atom stereocenters. The molecule has 0 spiro atoms. The SMILES string of the molecule is CN1CCN(C(=O)C2CCCOC2)Cc2ccccc21. The maximum Gasteiger partial charge on any atom is 0.228 e. The van der Waals surface area contributed by atoms with Crippen molar-refractivity contribution >= 4 is 11.6 Å². The van der Waals surface area contributed by atoms with E-state index in [2.05, 4.69) is 30.1 Å². The lowest BCUT2D eigenvalue weighted by molar-refractivity contribution is -0.140. The molecule has 0 bridgehead atoms. The van der Waals surface area contributed by atoms with E-state index in [0.29, 0.717) is 6.61 Å². The highest BCUT2D eigenvalue weighted by atomic mass is 16.5. The van der Waals surface area contributed by atoms with Gasteiger partial charge in [-0.1, -0.05) is 18.2 Å². The number of ether oxygens (including phenoxy) is 1. The van der Waals surface area contributed by atoms with Gasteiger partial charge in [-0.15, -0.1) is 0 Å². The quantitative estimate of drug-likeness (QED) is 0.784. The van der Waals surface area contributed by atoms with Gasteiger partial charge in [0.2, 0.25) is 5.91 Å². The number of amides is 1. The first-order valence-electron chi connectivity index (χ1n) is 7.41. The van der Waals surface area contributed by atoms with E-state index in [4.69, 9.17) is 4.74 Å². The second-order valence-corrected chi connectivity index (χ2v) is 5.72. The largest absolute Gasteiger partial charge is 0.381 e. The molecule has 0 radical (unpaired) electrons. The molecule has 1 amide bonds. The average molecular weight is 274 g/mol. The fourth-order valence-electron chi connectivity index (χ4n) is 3.07. The lowest BCUT2D eigenvalue weighted by Gasteiger charge is -2.28. The number of carbonyl (C=O) groups is 1. The first kappa shape index (κ1) is 13.4. The van der Waals surface area contributed by atoms with Crippen molar-refractivity contribution < 1.29 is 9.53 Å². The number of nitrogens with zero attached hydrogens (tertiary/aromatic N) is 2. The van der Waals surface area contributed by atoms with Crippen molar-refractivity contribution in [2.24, 2.45) is 5.92 Å². The molecule has 2 aliphatic heterocycles. The number of fused-ring (bicyclic) bond motifs is 1. The van der Waals surface area contributed by atoms with E-state index in [1.54, 1.807) is 0 Å². The highest BCUT2D eigenvalue weighted by molar-refractivity contribution is 5.79. The van der Waals surface area contributed by atoms with Crippen LogP contribution < -0.4 is 4.90 Å². The summed E-state index contributed by atoms with van der Waals surface area (Å²) in [6, 6.07) is 8.36. The highest BCUT2D eigenvalue weighted by Gasteiger charge is 2.28. The molecule has 2 heterocycles. The third-order valence-electron chi connectivity index (χ3n) is 4.29. The maximum atomic E-state index is 12.6. The molecule has 1 aromatic carbocycles. The highest BCUT2D eigenvalue weighted by Crippen LogP contribution is 2.25. The summed E-state index contributed by atoms with van der Waals surface area (Å²) < 4.78 is 5.46. The van der Waals surface area contributed by atoms with E-state index < -0.39 is 0 Å². The number of hydrogen-bond donors (Lipinski definition) is 0. The van der Waals surface area contributed by atoms with Crippen molar-refractivity contribution in [2.45, 2.75) is 19.4 Å². The van der Waals surface area contributed by atoms with Gasteiger partial charge in [-0.2, -0.15) is 0 Å². The van der Waals surface area contributed by atoms with Crippen LogP contribution in [0.1, 0.15) is 18.4 Å². The molecule has 1 fully saturated rings. The second kappa shape index (κ2) is 5.83. The number of rotatable bonds is 1. The molecule has 3 rings (SSSR count). The molecule has 4 nitrogen and oxygen atoms in total. The summed E-state index contributed by atoms with van der Waals surface area (Å²) >= 11 is 0. The third-order valence-corrected chi connectivity index (χ3v) is 4.29. The fraction of sp³-hybridized carbons (Fsp3) is 0.562. The molecule has 20 heavy (non-hydrogen) atoms. The average Bonchev–Trinajstić information content (AvgIpc) is 2.67. The fourth-order valence-corrected chi connectivity index (χ4v) is 3.07. The molecule has 0 aliphatic carbocycles. The molecule has 4 heteroatoms. The molecule has 1 atom stereocenters. The molecular formula is C16H22N2O2. The third kappa shape index (κ3) is 2.66. The number of anilines is 1. The van der Waals surface area contributed by atoms with Crippen LogP contribution in [0.2, 0.25) is 0 Å². The Morgan fingerprint density at radius 3 is 2.95 bits per heavy atom. The standard InChI is InChI=1S/C16H22N2O2/c1-17-8-9-18(11-13-5-2-3-7-15(13)17)16(19)14-6-4-10-20-12-14/h2-3,5,7,14H,4,6,8-12H2,1H3. The normalized spacial score (nSPS) is 23.1. The van der Waals surface area contributed by atoms with Crippen molar-refractivity contribution in [3.63, 3.8) is 0 Å². The summed E-state index contributed by atoms with van der Waals surface area (Å²) in [5.74, 6) is 0.314. The van der Waals surface area contributed by atoms with Gasteiger partial charge in [0.25, 0.3) is 0 Å². The van der Waals surface area contributed by atoms with Crippen LogP contribution >= 0.6 is 0 Å². The number of hydrogen-bond acceptors (Lipinski definition) is 3. The van der Waals surface area contributed by atoms with E-state index >= 15 is 0 Å². The number of likely N-dealkylation sites (N-methyl/N-ethyl adjacent to an activating group) is 1. The van der Waals surface area contributed by atoms with E-state index in [-0.39, 0.29) is 11.8 Å². The molecule has 108 valence electrons. The number of para-hydroxylation sites is 1. The Balaban J connectivity index is 1.77. The first-order chi connectivity index (χ1) is 9.75. The lowest BCUT2D eigenvalue weighted by Crippen LogP contribution is -2.41. The Hall–Kier alpha value is -1.55. The predicted octanol–water partition coefficient (Wildman–Crippen LogP) is 1.89. The van der Waals surface area contributed by atoms with Gasteiger partial charge in [0, 0.05) is 39.0 Å². The molecule has 1 aromatic rings. The summed E-state index contributed by atoms with van der Waals surface area (Å²) in [4.78, 5) is 16.9. The molecule has 0 saturated carbocycles. The van der Waals surface area contributed by atoms with Crippen molar-refractivity contribution in [3.05, 3.63) is 29.8 Å². The molecule has 2 aliphatic rings. The van der Waals surface area contributed by atoms with Crippen LogP contribution in [0, 0.1) is 5.92 Å². The van der Waals surface area contributed by atoms with Gasteiger partial charge in [0.15, 0.2) is 0 Å². The van der Waals surface area contributed by atoms with Crippen molar-refractivity contribution in [2.75, 3.05) is 38.3 Å². The zero-order valence-electron chi connectivity index (χ0n) is 12.0. The van der Waals surface area contributed by atoms with Crippen LogP contribution in [0.25, 0.3) is 0 Å². The summed E-state index contributed by atoms with van der Waals surface area (Å²) in [5, 5.41) is 0. The summed E-state index contributed by atoms with van der Waals surface area (Å²) in [6.45, 7) is 3.79. The second-order valence-electron chi connectivity index (χ2n) is 5.72. The van der Waals surface area contributed by atoms with E-state index in [9.17, 15) is 4.79 Å². The lowest BCUT2D eigenvalue weighted by atomic mass is 10.0. The minimum atomic E-state index is 0.0549. The minimum absolute atomic E-state index is 0.0549. The van der Waals surface area contributed by atoms with Gasteiger partial charge < -0.3 is 14.5 Å². The molecule has 0 aromatic heterocycles. The monoisotopic (exact) mass is 274 g/mol. The Kier molecular flexibility index (Phi) is 3.92. The van der Waals surface area contributed by atoms with Gasteiger partial charge in [-0.3, -0.25) is 4.79 Å². The number of benzene rings is 1. The Morgan fingerprint density at radius 1 is 1.30 bits per heavy atom. The van der Waals surface area contributed by atoms with Crippen LogP contribution in [0.4, 0.5) is 5.69 Å². The summed E-state index contributed by atoms with van der Waals surface area (Å²) in [6.07, 6.45) is 1.97. The van der Waals surface area contributed by atoms with Gasteiger partial charge in [-0.05, 0) is 24.5 Å². The Labute approximate surface area is 120 Å². The minimum Gasteiger partial charge on any atom is -0.381 e. The number of carbonyl (C=O) groups excluding carboxylic acids is 1. The van der Waals surface area contributed by atoms with Crippen LogP contribution in [0.3, 0.4) is 0 Å². The maximum absolute atomic E-state index is 12.6. The summed E-state index contributed by atoms with van der Waals surface area (Å²) in [7, 11) is 2.09. The van der Waals surface area contributed by atoms with Crippen LogP contribution in [-0.2, 0) is 16.1 Å². The van der Waals surface area contributed by atoms with Crippen molar-refractivity contribution in [1.82, 2.24) is 4.90 Å². The van der Waals surface area contributed by atoms with Gasteiger partial charge in [0.1, 0.15) is 0 Å². The zero-order valence-corrected chi connectivity index (χ0v) is 12.0. The van der Waals surface area contributed by atoms with Gasteiger partial charge in [-0.25, -0.2) is 0 Å². The van der Waals surface area contributed by atoms with E-state index in [1.807, 2.05) is 11.0 Å². The predicted molar refractivity (Wildman–Crippen MR) is 78.7 cm³/mol. The van der Waals surface area contributed by atoms with Crippen LogP contribution in [-0.4, -0.2) is 44.2 Å². The van der Waals surface area contributed by atoms with Crippen LogP contribution in [0.15, 0.2) is 24.3 Å². The summed E-state index contributed by atoms with van der Waals surface area (Å²) in [5.41, 5.74) is 2.47. The topological polar surface area (TPSA) is 32.8 Å². The van der Waals surface area contributed by atoms with Crippen LogP contribution in [0.5, 0.6) is 0 Å². The van der Waals surface area contributed by atoms with Gasteiger partial charge >= 0.3 is 0 Å². The van der Waals surface area contributed by atoms with Crippen molar-refractivity contribution in [3.8, 4) is 0 Å². The molecular weight excluding hydrogens is 252 g/mol. The van der Waals surface area contributed by atoms with E-state index in [1.165, 1.54) is 11.3 Å². The smallest absolute Gasteiger partial charge is 0.228 e. The van der Waals surface area contributed by atoms with E-state index in [0.717, 1.165) is 39.1 Å². The Morgan fingerprint density at radius 2 is 2.15 bits per heavy atom. The Bertz CT molecular complexity index is 483.